The van der Waals surface area contributed by atoms with Gasteiger partial charge in [0.15, 0.2) is 5.11 Å². The molecule has 0 aromatic carbocycles. The van der Waals surface area contributed by atoms with Gasteiger partial charge < -0.3 is 15.2 Å². The molecule has 4 heterocycles. The average Bonchev–Trinajstić information content (AvgIpc) is 3.12. The number of thiocarbonyl (C=S) groups is 1. The van der Waals surface area contributed by atoms with E-state index in [-0.39, 0.29) is 12.1 Å². The second kappa shape index (κ2) is 7.55. The molecule has 1 aliphatic rings. The lowest BCUT2D eigenvalue weighted by Gasteiger charge is -2.28. The lowest BCUT2D eigenvalue weighted by molar-refractivity contribution is 0.309. The van der Waals surface area contributed by atoms with Crippen LogP contribution in [0.4, 0.5) is 0 Å². The van der Waals surface area contributed by atoms with E-state index >= 15 is 0 Å². The zero-order valence-electron chi connectivity index (χ0n) is 15.1. The SMILES string of the molecule is Cc1[nH]c(C)c(C2C(c3ccccn3)NC(=S)N2Cc2ccncc2)c1I. The van der Waals surface area contributed by atoms with Crippen molar-refractivity contribution < 1.29 is 0 Å². The molecule has 0 bridgehead atoms. The van der Waals surface area contributed by atoms with Crippen molar-refractivity contribution >= 4 is 39.9 Å². The molecule has 3 aromatic heterocycles. The van der Waals surface area contributed by atoms with Crippen LogP contribution in [0.15, 0.2) is 48.9 Å². The topological polar surface area (TPSA) is 56.8 Å². The molecule has 7 heteroatoms. The van der Waals surface area contributed by atoms with Crippen molar-refractivity contribution in [1.29, 1.82) is 0 Å². The summed E-state index contributed by atoms with van der Waals surface area (Å²) in [6.07, 6.45) is 5.48. The largest absolute Gasteiger partial charge is 0.362 e. The highest BCUT2D eigenvalue weighted by atomic mass is 127. The van der Waals surface area contributed by atoms with Gasteiger partial charge in [0.05, 0.1) is 17.8 Å². The number of aromatic amines is 1. The van der Waals surface area contributed by atoms with Crippen LogP contribution in [0.5, 0.6) is 0 Å². The lowest BCUT2D eigenvalue weighted by atomic mass is 9.96. The number of hydrogen-bond donors (Lipinski definition) is 2. The van der Waals surface area contributed by atoms with Gasteiger partial charge in [0.2, 0.25) is 0 Å². The lowest BCUT2D eigenvalue weighted by Crippen LogP contribution is -2.29. The predicted molar refractivity (Wildman–Crippen MR) is 118 cm³/mol. The first kappa shape index (κ1) is 18.4. The Kier molecular flexibility index (Phi) is 5.14. The zero-order valence-corrected chi connectivity index (χ0v) is 18.1. The molecule has 0 saturated carbocycles. The summed E-state index contributed by atoms with van der Waals surface area (Å²) < 4.78 is 1.25. The summed E-state index contributed by atoms with van der Waals surface area (Å²) >= 11 is 8.18. The number of pyridine rings is 2. The van der Waals surface area contributed by atoms with Crippen molar-refractivity contribution in [3.63, 3.8) is 0 Å². The minimum absolute atomic E-state index is 0.00273. The van der Waals surface area contributed by atoms with Gasteiger partial charge in [-0.2, -0.15) is 0 Å². The summed E-state index contributed by atoms with van der Waals surface area (Å²) in [6, 6.07) is 10.2. The van der Waals surface area contributed by atoms with Crippen LogP contribution in [0.2, 0.25) is 0 Å². The van der Waals surface area contributed by atoms with Gasteiger partial charge in [0.25, 0.3) is 0 Å². The van der Waals surface area contributed by atoms with Crippen molar-refractivity contribution in [2.45, 2.75) is 32.5 Å². The van der Waals surface area contributed by atoms with Gasteiger partial charge in [-0.25, -0.2) is 0 Å². The smallest absolute Gasteiger partial charge is 0.170 e. The maximum atomic E-state index is 5.75. The predicted octanol–water partition coefficient (Wildman–Crippen LogP) is 4.20. The minimum Gasteiger partial charge on any atom is -0.362 e. The summed E-state index contributed by atoms with van der Waals surface area (Å²) in [5.74, 6) is 0. The normalized spacial score (nSPS) is 19.4. The Morgan fingerprint density at radius 2 is 1.89 bits per heavy atom. The van der Waals surface area contributed by atoms with Crippen LogP contribution in [0.1, 0.15) is 40.3 Å². The molecule has 27 heavy (non-hydrogen) atoms. The number of aromatic nitrogens is 3. The fourth-order valence-electron chi connectivity index (χ4n) is 3.70. The molecule has 0 aliphatic carbocycles. The van der Waals surface area contributed by atoms with Gasteiger partial charge in [0.1, 0.15) is 0 Å². The van der Waals surface area contributed by atoms with Gasteiger partial charge in [-0.05, 0) is 78.5 Å². The highest BCUT2D eigenvalue weighted by Crippen LogP contribution is 2.43. The first-order valence-corrected chi connectivity index (χ1v) is 10.3. The molecule has 4 rings (SSSR count). The standard InChI is InChI=1S/C20H20IN5S/c1-12-16(17(21)13(2)24-12)19-18(15-5-3-4-8-23-15)25-20(27)26(19)11-14-6-9-22-10-7-14/h3-10,18-19,24H,11H2,1-2H3,(H,25,27). The first-order chi connectivity index (χ1) is 13.1. The summed E-state index contributed by atoms with van der Waals surface area (Å²) in [5, 5.41) is 4.27. The highest BCUT2D eigenvalue weighted by Gasteiger charge is 2.42. The number of aryl methyl sites for hydroxylation is 2. The number of nitrogens with zero attached hydrogens (tertiary/aromatic N) is 3. The summed E-state index contributed by atoms with van der Waals surface area (Å²) in [7, 11) is 0. The summed E-state index contributed by atoms with van der Waals surface area (Å²) in [6.45, 7) is 4.97. The molecule has 1 aliphatic heterocycles. The fourth-order valence-corrected chi connectivity index (χ4v) is 4.86. The van der Waals surface area contributed by atoms with E-state index in [1.54, 1.807) is 0 Å². The van der Waals surface area contributed by atoms with E-state index in [1.165, 1.54) is 26.1 Å². The van der Waals surface area contributed by atoms with Crippen molar-refractivity contribution in [2.75, 3.05) is 0 Å². The first-order valence-electron chi connectivity index (χ1n) is 8.77. The third-order valence-electron chi connectivity index (χ3n) is 4.94. The maximum absolute atomic E-state index is 5.75. The number of halogens is 1. The van der Waals surface area contributed by atoms with E-state index in [4.69, 9.17) is 12.2 Å². The molecular weight excluding hydrogens is 469 g/mol. The molecular formula is C20H20IN5S. The van der Waals surface area contributed by atoms with Crippen LogP contribution in [0, 0.1) is 17.4 Å². The molecule has 0 amide bonds. The van der Waals surface area contributed by atoms with Gasteiger partial charge in [-0.3, -0.25) is 9.97 Å². The van der Waals surface area contributed by atoms with Crippen LogP contribution in [0.3, 0.4) is 0 Å². The highest BCUT2D eigenvalue weighted by molar-refractivity contribution is 14.1. The molecule has 3 aromatic rings. The van der Waals surface area contributed by atoms with E-state index in [1.807, 2.05) is 42.9 Å². The molecule has 0 radical (unpaired) electrons. The van der Waals surface area contributed by atoms with Gasteiger partial charge in [-0.1, -0.05) is 6.07 Å². The number of hydrogen-bond acceptors (Lipinski definition) is 3. The number of H-pyrrole nitrogens is 1. The monoisotopic (exact) mass is 489 g/mol. The number of nitrogens with one attached hydrogen (secondary N) is 2. The van der Waals surface area contributed by atoms with Crippen LogP contribution < -0.4 is 5.32 Å². The van der Waals surface area contributed by atoms with E-state index in [0.717, 1.165) is 17.4 Å². The molecule has 1 saturated heterocycles. The fraction of sp³-hybridized carbons (Fsp3) is 0.250. The van der Waals surface area contributed by atoms with Crippen molar-refractivity contribution in [3.05, 3.63) is 80.7 Å². The van der Waals surface area contributed by atoms with Crippen molar-refractivity contribution in [3.8, 4) is 0 Å². The van der Waals surface area contributed by atoms with Crippen LogP contribution in [-0.4, -0.2) is 25.0 Å². The molecule has 2 N–H and O–H groups in total. The van der Waals surface area contributed by atoms with Crippen molar-refractivity contribution in [1.82, 2.24) is 25.2 Å². The van der Waals surface area contributed by atoms with Crippen LogP contribution in [-0.2, 0) is 6.54 Å². The Labute approximate surface area is 177 Å². The van der Waals surface area contributed by atoms with Crippen molar-refractivity contribution in [2.24, 2.45) is 0 Å². The average molecular weight is 489 g/mol. The number of rotatable bonds is 4. The molecule has 138 valence electrons. The molecule has 2 unspecified atom stereocenters. The van der Waals surface area contributed by atoms with Crippen LogP contribution in [0.25, 0.3) is 0 Å². The second-order valence-corrected chi connectivity index (χ2v) is 8.18. The Morgan fingerprint density at radius 3 is 2.52 bits per heavy atom. The quantitative estimate of drug-likeness (QED) is 0.425. The minimum atomic E-state index is 0.00273. The van der Waals surface area contributed by atoms with Crippen LogP contribution >= 0.6 is 34.8 Å². The molecule has 0 spiro atoms. The van der Waals surface area contributed by atoms with Gasteiger partial charge >= 0.3 is 0 Å². The summed E-state index contributed by atoms with van der Waals surface area (Å²) in [4.78, 5) is 14.5. The Morgan fingerprint density at radius 1 is 1.11 bits per heavy atom. The van der Waals surface area contributed by atoms with E-state index in [9.17, 15) is 0 Å². The third kappa shape index (κ3) is 3.45. The molecule has 2 atom stereocenters. The van der Waals surface area contributed by atoms with Gasteiger partial charge in [-0.15, -0.1) is 0 Å². The van der Waals surface area contributed by atoms with E-state index in [2.05, 4.69) is 67.7 Å². The van der Waals surface area contributed by atoms with E-state index in [0.29, 0.717) is 0 Å². The Hall–Kier alpha value is -2.00. The molecule has 5 nitrogen and oxygen atoms in total. The Bertz CT molecular complexity index is 957. The van der Waals surface area contributed by atoms with Gasteiger partial charge in [0, 0.05) is 45.7 Å². The Balaban J connectivity index is 1.80. The van der Waals surface area contributed by atoms with E-state index < -0.39 is 0 Å². The third-order valence-corrected chi connectivity index (χ3v) is 6.68. The summed E-state index contributed by atoms with van der Waals surface area (Å²) in [5.41, 5.74) is 5.82. The molecule has 1 fully saturated rings. The second-order valence-electron chi connectivity index (χ2n) is 6.71. The zero-order chi connectivity index (χ0) is 19.0. The maximum Gasteiger partial charge on any atom is 0.170 e.